The van der Waals surface area contributed by atoms with Gasteiger partial charge in [-0.2, -0.15) is 0 Å². The normalized spacial score (nSPS) is 18.4. The molecule has 0 amide bonds. The van der Waals surface area contributed by atoms with E-state index < -0.39 is 31.9 Å². The van der Waals surface area contributed by atoms with Crippen LogP contribution in [-0.4, -0.2) is 125 Å². The van der Waals surface area contributed by atoms with Gasteiger partial charge in [-0.3, -0.25) is 36.8 Å². The molecule has 520 valence electrons. The highest BCUT2D eigenvalue weighted by Crippen LogP contribution is 2.48. The van der Waals surface area contributed by atoms with Gasteiger partial charge < -0.3 is 35.5 Å². The van der Waals surface area contributed by atoms with Crippen molar-refractivity contribution in [2.45, 2.75) is 104 Å². The fraction of sp³-hybridized carbons (Fsp3) is 0.391. The Hall–Kier alpha value is -7.30. The van der Waals surface area contributed by atoms with Crippen molar-refractivity contribution >= 4 is 83.2 Å². The molecule has 0 aliphatic carbocycles. The van der Waals surface area contributed by atoms with E-state index >= 15 is 0 Å². The number of fused-ring (bicyclic) bond motifs is 2. The van der Waals surface area contributed by atoms with Crippen LogP contribution in [0.25, 0.3) is 22.3 Å². The summed E-state index contributed by atoms with van der Waals surface area (Å²) in [7, 11) is -5.95. The first-order valence-corrected chi connectivity index (χ1v) is 37.2. The van der Waals surface area contributed by atoms with Gasteiger partial charge in [0.25, 0.3) is 0 Å². The summed E-state index contributed by atoms with van der Waals surface area (Å²) in [6, 6.07) is 45.2. The minimum atomic E-state index is -3.85. The zero-order chi connectivity index (χ0) is 69.3. The third-order valence-electron chi connectivity index (χ3n) is 16.5. The topological polar surface area (TPSA) is 326 Å². The number of imidazole rings is 2. The van der Waals surface area contributed by atoms with Crippen LogP contribution in [0.5, 0.6) is 5.75 Å². The maximum absolute atomic E-state index is 14.2. The van der Waals surface area contributed by atoms with E-state index in [0.29, 0.717) is 59.6 Å². The number of carbonyl (C=O) groups is 2. The third kappa shape index (κ3) is 18.8. The molecule has 2 saturated heterocycles. The molecule has 2 aliphatic heterocycles. The maximum atomic E-state index is 14.2. The van der Waals surface area contributed by atoms with Crippen LogP contribution in [0.15, 0.2) is 165 Å². The average Bonchev–Trinajstić information content (AvgIpc) is 0.989. The number of rotatable bonds is 32. The van der Waals surface area contributed by atoms with Crippen LogP contribution in [-0.2, 0) is 69.7 Å². The van der Waals surface area contributed by atoms with Gasteiger partial charge in [-0.15, -0.1) is 0 Å². The molecule has 2 aliphatic rings. The second kappa shape index (κ2) is 33.7. The molecule has 98 heavy (non-hydrogen) atoms. The van der Waals surface area contributed by atoms with Crippen molar-refractivity contribution in [3.63, 3.8) is 0 Å². The molecule has 0 saturated carbocycles. The van der Waals surface area contributed by atoms with E-state index in [1.807, 2.05) is 141 Å². The molecule has 11 rings (SSSR count). The summed E-state index contributed by atoms with van der Waals surface area (Å²) >= 11 is 2.14. The lowest BCUT2D eigenvalue weighted by molar-refractivity contribution is -0.124. The second-order valence-corrected chi connectivity index (χ2v) is 30.6. The first kappa shape index (κ1) is 73.4. The molecule has 9 aromatic rings. The summed E-state index contributed by atoms with van der Waals surface area (Å²) in [5.41, 5.74) is 17.0. The van der Waals surface area contributed by atoms with Gasteiger partial charge in [0.2, 0.25) is 0 Å². The van der Waals surface area contributed by atoms with E-state index in [-0.39, 0.29) is 99.1 Å². The Labute approximate surface area is 578 Å². The average molecular weight is 1420 g/mol. The highest BCUT2D eigenvalue weighted by molar-refractivity contribution is 8.14. The predicted octanol–water partition coefficient (Wildman–Crippen LogP) is 11.9. The van der Waals surface area contributed by atoms with Gasteiger partial charge in [-0.05, 0) is 100 Å². The van der Waals surface area contributed by atoms with Crippen molar-refractivity contribution in [1.82, 2.24) is 49.2 Å². The number of benzene rings is 5. The summed E-state index contributed by atoms with van der Waals surface area (Å²) in [5.74, 6) is 1.83. The van der Waals surface area contributed by atoms with Crippen molar-refractivity contribution in [3.8, 4) is 5.75 Å². The summed E-state index contributed by atoms with van der Waals surface area (Å²) in [4.78, 5) is 51.4. The van der Waals surface area contributed by atoms with Crippen molar-refractivity contribution in [2.24, 2.45) is 10.8 Å². The highest BCUT2D eigenvalue weighted by Gasteiger charge is 2.42. The van der Waals surface area contributed by atoms with Crippen molar-refractivity contribution in [1.29, 1.82) is 0 Å². The first-order valence-electron chi connectivity index (χ1n) is 32.1. The monoisotopic (exact) mass is 1410 g/mol. The van der Waals surface area contributed by atoms with Gasteiger partial charge in [0.1, 0.15) is 47.5 Å². The summed E-state index contributed by atoms with van der Waals surface area (Å²) in [6.45, 7) is 9.60. The number of ether oxygens (including phenoxy) is 4. The third-order valence-corrected chi connectivity index (χ3v) is 22.0. The Balaban J connectivity index is 0.000000235. The number of hydrogen-bond donors (Lipinski definition) is 5. The zero-order valence-electron chi connectivity index (χ0n) is 55.6. The number of nitrogens with one attached hydrogen (secondary N) is 2. The van der Waals surface area contributed by atoms with Crippen LogP contribution in [0.1, 0.15) is 99.2 Å². The number of methoxy groups -OCH3 is 1. The number of carbonyl (C=O) groups excluding carboxylic acids is 2. The lowest BCUT2D eigenvalue weighted by Crippen LogP contribution is -2.38. The number of thioether (sulfide) groups is 2. The van der Waals surface area contributed by atoms with E-state index in [9.17, 15) is 23.8 Å². The Kier molecular flexibility index (Phi) is 25.3. The summed E-state index contributed by atoms with van der Waals surface area (Å²) in [6.07, 6.45) is 7.35. The Bertz CT molecular complexity index is 4170. The molecule has 0 radical (unpaired) electrons. The van der Waals surface area contributed by atoms with Crippen LogP contribution < -0.4 is 26.4 Å². The van der Waals surface area contributed by atoms with Crippen molar-refractivity contribution < 1.29 is 60.9 Å². The number of aromatic nitrogens is 8. The van der Waals surface area contributed by atoms with E-state index in [1.54, 1.807) is 38.2 Å². The van der Waals surface area contributed by atoms with Gasteiger partial charge in [-0.1, -0.05) is 156 Å². The fourth-order valence-electron chi connectivity index (χ4n) is 10.8. The van der Waals surface area contributed by atoms with E-state index in [2.05, 4.69) is 64.3 Å². The lowest BCUT2D eigenvalue weighted by atomic mass is 9.79. The minimum Gasteiger partial charge on any atom is -0.497 e. The smallest absolute Gasteiger partial charge is 0.405 e. The summed E-state index contributed by atoms with van der Waals surface area (Å²) in [5, 5.41) is 15.0. The molecule has 3 unspecified atom stereocenters. The van der Waals surface area contributed by atoms with Crippen LogP contribution in [0.2, 0.25) is 0 Å². The van der Waals surface area contributed by atoms with Gasteiger partial charge in [0.05, 0.1) is 82.4 Å². The molecular weight excluding hydrogens is 1330 g/mol. The number of anilines is 2. The fourth-order valence-corrected chi connectivity index (χ4v) is 15.3. The molecule has 6 heterocycles. The zero-order valence-corrected chi connectivity index (χ0v) is 59.0. The quantitative estimate of drug-likeness (QED) is 0.0149. The number of aliphatic hydroxyl groups excluding tert-OH is 1. The SMILES string of the molecule is CC(C)(CO)C(=O)SCCOP(=O)(NCc1ccccc1)OC[C@H]1CC[C@@H](n2cnc3c(N)ncnc32)O1.COc1ccc(C(OCC(C)(C)C(=O)SCCOP(=O)(NCc2ccccc2)OC[C@H]2CC[C@@H](n3cnc4c(N)ncnc43)O2)(c2ccccc2)c2ccc(C)cc2)cc1. The largest absolute Gasteiger partial charge is 0.497 e. The molecule has 7 atom stereocenters. The molecular formula is C69H84N12O13P2S2. The van der Waals surface area contributed by atoms with Gasteiger partial charge in [0, 0.05) is 24.6 Å². The predicted molar refractivity (Wildman–Crippen MR) is 377 cm³/mol. The number of aryl methyl sites for hydroxylation is 1. The number of nitrogens with zero attached hydrogens (tertiary/aromatic N) is 8. The molecule has 0 spiro atoms. The van der Waals surface area contributed by atoms with E-state index in [1.165, 1.54) is 12.7 Å². The van der Waals surface area contributed by atoms with Crippen LogP contribution in [0.3, 0.4) is 0 Å². The number of hydrogen-bond acceptors (Lipinski definition) is 23. The first-order chi connectivity index (χ1) is 47.2. The van der Waals surface area contributed by atoms with Gasteiger partial charge >= 0.3 is 15.5 Å². The molecule has 2 fully saturated rings. The Morgan fingerprint density at radius 1 is 0.582 bits per heavy atom. The van der Waals surface area contributed by atoms with Crippen LogP contribution in [0, 0.1) is 17.8 Å². The Morgan fingerprint density at radius 2 is 1.01 bits per heavy atom. The number of nitrogen functional groups attached to an aromatic ring is 2. The van der Waals surface area contributed by atoms with E-state index in [4.69, 9.17) is 48.5 Å². The lowest BCUT2D eigenvalue weighted by Gasteiger charge is -2.38. The molecule has 4 aromatic heterocycles. The molecule has 0 bridgehead atoms. The second-order valence-electron chi connectivity index (χ2n) is 24.8. The van der Waals surface area contributed by atoms with Crippen molar-refractivity contribution in [2.75, 3.05) is 69.7 Å². The van der Waals surface area contributed by atoms with Gasteiger partial charge in [-0.25, -0.2) is 49.2 Å². The maximum Gasteiger partial charge on any atom is 0.405 e. The molecule has 7 N–H and O–H groups in total. The minimum absolute atomic E-state index is 0.00805. The molecule has 5 aromatic carbocycles. The summed E-state index contributed by atoms with van der Waals surface area (Å²) < 4.78 is 79.8. The van der Waals surface area contributed by atoms with Crippen LogP contribution in [0.4, 0.5) is 11.6 Å². The Morgan fingerprint density at radius 3 is 1.46 bits per heavy atom. The van der Waals surface area contributed by atoms with Gasteiger partial charge in [0.15, 0.2) is 33.2 Å². The molecule has 29 heteroatoms. The number of nitrogens with two attached hydrogens (primary N) is 2. The van der Waals surface area contributed by atoms with Crippen molar-refractivity contribution in [3.05, 3.63) is 198 Å². The highest BCUT2D eigenvalue weighted by atomic mass is 32.2. The number of aliphatic hydroxyl groups is 1. The molecule has 25 nitrogen and oxygen atoms in total. The van der Waals surface area contributed by atoms with E-state index in [0.717, 1.165) is 62.7 Å². The standard InChI is InChI=1S/C45H51N6O7PS.C24H33N6O6PS/c1-32-15-17-35(18-16-32)45(34-13-9-6-10-14-34,36-19-21-37(54-4)22-20-36)55-29-44(2,3)43(52)60-26-25-56-59(53,50-27-33-11-7-5-8-12-33)57-28-38-23-24-39(58-38)51-31-49-40-41(46)47-30-48-42(40)51;1-24(2,14-31)23(32)38-11-10-34-37(33,29-12-17-6-4-3-5-7-17)35-13-18-8-9-19(36-18)30-16-28-20-21(25)26-15-27-22(20)30/h5-22,30-31,38-39H,23-29H2,1-4H3,(H,50,53)(H2,46,47,48);3-7,15-16,18-19,31H,8-14H2,1-2H3,(H,29,33)(H2,25,26,27)/t38-,39+,45?,59?;18-,19+,37?/m11/s1. The van der Waals surface area contributed by atoms with Crippen LogP contribution >= 0.6 is 39.0 Å².